The van der Waals surface area contributed by atoms with Gasteiger partial charge in [-0.15, -0.1) is 0 Å². The number of nitrogens with one attached hydrogen (secondary N) is 1. The Morgan fingerprint density at radius 2 is 2.32 bits per heavy atom. The highest BCUT2D eigenvalue weighted by Gasteiger charge is 2.44. The van der Waals surface area contributed by atoms with Crippen LogP contribution < -0.4 is 5.32 Å². The molecule has 112 valence electrons. The fraction of sp³-hybridized carbons (Fsp3) is 0.250. The van der Waals surface area contributed by atoms with Gasteiger partial charge in [0.15, 0.2) is 0 Å². The van der Waals surface area contributed by atoms with E-state index in [0.29, 0.717) is 12.4 Å². The average molecular weight is 296 g/mol. The number of allylic oxidation sites excluding steroid dienone is 2. The molecule has 1 aromatic rings. The zero-order valence-corrected chi connectivity index (χ0v) is 12.2. The Labute approximate surface area is 128 Å². The molecule has 0 radical (unpaired) electrons. The van der Waals surface area contributed by atoms with Crippen LogP contribution in [0.3, 0.4) is 0 Å². The van der Waals surface area contributed by atoms with Crippen LogP contribution in [0.2, 0.25) is 0 Å². The van der Waals surface area contributed by atoms with Crippen LogP contribution in [0.5, 0.6) is 0 Å². The summed E-state index contributed by atoms with van der Waals surface area (Å²) in [5, 5.41) is 2.88. The molecule has 3 heterocycles. The fourth-order valence-electron chi connectivity index (χ4n) is 2.55. The van der Waals surface area contributed by atoms with Crippen molar-refractivity contribution in [3.05, 3.63) is 54.5 Å². The summed E-state index contributed by atoms with van der Waals surface area (Å²) >= 11 is 0. The Kier molecular flexibility index (Phi) is 3.58. The first-order valence-electron chi connectivity index (χ1n) is 7.02. The van der Waals surface area contributed by atoms with Crippen molar-refractivity contribution in [1.29, 1.82) is 0 Å². The number of nitrogens with zero attached hydrogens (tertiary/aromatic N) is 3. The summed E-state index contributed by atoms with van der Waals surface area (Å²) in [6, 6.07) is 3.70. The largest absolute Gasteiger partial charge is 0.350 e. The van der Waals surface area contributed by atoms with Crippen molar-refractivity contribution in [2.45, 2.75) is 25.4 Å². The van der Waals surface area contributed by atoms with Gasteiger partial charge in [0, 0.05) is 25.1 Å². The molecule has 0 saturated carbocycles. The maximum Gasteiger partial charge on any atom is 0.250 e. The highest BCUT2D eigenvalue weighted by molar-refractivity contribution is 6.09. The van der Waals surface area contributed by atoms with E-state index in [2.05, 4.69) is 15.3 Å². The van der Waals surface area contributed by atoms with Crippen LogP contribution in [0.25, 0.3) is 0 Å². The SMILES string of the molecule is CC1(C(=O)NCc2cccnc2)CC(=O)N=C2C=CC=CN21. The second kappa shape index (κ2) is 5.55. The molecule has 1 aromatic heterocycles. The Morgan fingerprint density at radius 1 is 1.45 bits per heavy atom. The maximum atomic E-state index is 12.7. The van der Waals surface area contributed by atoms with Crippen LogP contribution >= 0.6 is 0 Å². The Hall–Kier alpha value is -2.76. The van der Waals surface area contributed by atoms with Gasteiger partial charge >= 0.3 is 0 Å². The van der Waals surface area contributed by atoms with E-state index in [9.17, 15) is 9.59 Å². The third kappa shape index (κ3) is 2.55. The van der Waals surface area contributed by atoms with Gasteiger partial charge in [0.05, 0.1) is 6.42 Å². The van der Waals surface area contributed by atoms with Gasteiger partial charge in [-0.1, -0.05) is 12.1 Å². The molecule has 22 heavy (non-hydrogen) atoms. The van der Waals surface area contributed by atoms with Gasteiger partial charge in [-0.25, -0.2) is 0 Å². The molecule has 0 spiro atoms. The first-order valence-corrected chi connectivity index (χ1v) is 7.02. The van der Waals surface area contributed by atoms with Crippen molar-refractivity contribution in [3.63, 3.8) is 0 Å². The molecule has 0 aliphatic carbocycles. The lowest BCUT2D eigenvalue weighted by molar-refractivity contribution is -0.134. The van der Waals surface area contributed by atoms with Gasteiger partial charge in [-0.05, 0) is 30.7 Å². The molecular formula is C16H16N4O2. The van der Waals surface area contributed by atoms with Crippen molar-refractivity contribution in [2.24, 2.45) is 4.99 Å². The second-order valence-corrected chi connectivity index (χ2v) is 5.43. The van der Waals surface area contributed by atoms with Gasteiger partial charge in [-0.2, -0.15) is 4.99 Å². The highest BCUT2D eigenvalue weighted by Crippen LogP contribution is 2.28. The molecular weight excluding hydrogens is 280 g/mol. The Morgan fingerprint density at radius 3 is 3.09 bits per heavy atom. The zero-order valence-electron chi connectivity index (χ0n) is 12.2. The number of hydrogen-bond acceptors (Lipinski definition) is 4. The van der Waals surface area contributed by atoms with Crippen LogP contribution in [0.1, 0.15) is 18.9 Å². The normalized spacial score (nSPS) is 23.0. The number of amides is 2. The topological polar surface area (TPSA) is 74.7 Å². The predicted octanol–water partition coefficient (Wildman–Crippen LogP) is 1.17. The molecule has 2 amide bonds. The van der Waals surface area contributed by atoms with E-state index in [-0.39, 0.29) is 18.2 Å². The fourth-order valence-corrected chi connectivity index (χ4v) is 2.55. The molecule has 6 heteroatoms. The predicted molar refractivity (Wildman–Crippen MR) is 81.7 cm³/mol. The number of amidine groups is 1. The van der Waals surface area contributed by atoms with Crippen molar-refractivity contribution in [3.8, 4) is 0 Å². The molecule has 0 fully saturated rings. The van der Waals surface area contributed by atoms with Gasteiger partial charge in [0.1, 0.15) is 11.4 Å². The molecule has 0 saturated heterocycles. The smallest absolute Gasteiger partial charge is 0.250 e. The summed E-state index contributed by atoms with van der Waals surface area (Å²) < 4.78 is 0. The van der Waals surface area contributed by atoms with E-state index in [0.717, 1.165) is 5.56 Å². The van der Waals surface area contributed by atoms with E-state index in [4.69, 9.17) is 0 Å². The number of aromatic nitrogens is 1. The lowest BCUT2D eigenvalue weighted by Crippen LogP contribution is -2.59. The minimum Gasteiger partial charge on any atom is -0.350 e. The number of fused-ring (bicyclic) bond motifs is 1. The zero-order chi connectivity index (χ0) is 15.6. The van der Waals surface area contributed by atoms with E-state index < -0.39 is 5.54 Å². The van der Waals surface area contributed by atoms with E-state index in [1.807, 2.05) is 18.2 Å². The summed E-state index contributed by atoms with van der Waals surface area (Å²) in [6.07, 6.45) is 10.5. The number of hydrogen-bond donors (Lipinski definition) is 1. The van der Waals surface area contributed by atoms with Crippen molar-refractivity contribution in [1.82, 2.24) is 15.2 Å². The molecule has 0 bridgehead atoms. The lowest BCUT2D eigenvalue weighted by Gasteiger charge is -2.41. The third-order valence-electron chi connectivity index (χ3n) is 3.77. The van der Waals surface area contributed by atoms with Crippen LogP contribution in [0.15, 0.2) is 53.9 Å². The minimum absolute atomic E-state index is 0.0492. The summed E-state index contributed by atoms with van der Waals surface area (Å²) in [7, 11) is 0. The molecule has 6 nitrogen and oxygen atoms in total. The van der Waals surface area contributed by atoms with Crippen LogP contribution in [0.4, 0.5) is 0 Å². The number of carbonyl (C=O) groups is 2. The van der Waals surface area contributed by atoms with Crippen LogP contribution in [-0.4, -0.2) is 33.1 Å². The molecule has 0 aromatic carbocycles. The molecule has 2 aliphatic rings. The van der Waals surface area contributed by atoms with Gasteiger partial charge in [0.2, 0.25) is 5.91 Å². The first-order chi connectivity index (χ1) is 10.6. The first kappa shape index (κ1) is 14.2. The number of pyridine rings is 1. The van der Waals surface area contributed by atoms with E-state index >= 15 is 0 Å². The van der Waals surface area contributed by atoms with Crippen LogP contribution in [-0.2, 0) is 16.1 Å². The highest BCUT2D eigenvalue weighted by atomic mass is 16.2. The second-order valence-electron chi connectivity index (χ2n) is 5.43. The molecule has 1 atom stereocenters. The number of aliphatic imine (C=N–C) groups is 1. The summed E-state index contributed by atoms with van der Waals surface area (Å²) in [5.41, 5.74) is -0.0676. The molecule has 1 N–H and O–H groups in total. The molecule has 3 rings (SSSR count). The lowest BCUT2D eigenvalue weighted by atomic mass is 9.91. The van der Waals surface area contributed by atoms with E-state index in [1.165, 1.54) is 0 Å². The molecule has 1 unspecified atom stereocenters. The minimum atomic E-state index is -0.975. The summed E-state index contributed by atoms with van der Waals surface area (Å²) in [5.74, 6) is 0.0000543. The maximum absolute atomic E-state index is 12.7. The number of rotatable bonds is 3. The van der Waals surface area contributed by atoms with E-state index in [1.54, 1.807) is 42.6 Å². The monoisotopic (exact) mass is 296 g/mol. The van der Waals surface area contributed by atoms with Crippen molar-refractivity contribution in [2.75, 3.05) is 0 Å². The van der Waals surface area contributed by atoms with Crippen molar-refractivity contribution >= 4 is 17.6 Å². The third-order valence-corrected chi connectivity index (χ3v) is 3.77. The molecule has 2 aliphatic heterocycles. The summed E-state index contributed by atoms with van der Waals surface area (Å²) in [4.78, 5) is 34.2. The Balaban J connectivity index is 1.78. The Bertz CT molecular complexity index is 693. The standard InChI is InChI=1S/C16H16N4O2/c1-16(15(22)18-11-12-5-4-7-17-10-12)9-14(21)19-13-6-2-3-8-20(13)16/h2-8,10H,9,11H2,1H3,(H,18,22). The van der Waals surface area contributed by atoms with Gasteiger partial charge in [0.25, 0.3) is 5.91 Å². The van der Waals surface area contributed by atoms with Gasteiger partial charge in [-0.3, -0.25) is 14.6 Å². The van der Waals surface area contributed by atoms with Crippen LogP contribution in [0, 0.1) is 0 Å². The number of carbonyl (C=O) groups excluding carboxylic acids is 2. The summed E-state index contributed by atoms with van der Waals surface area (Å²) in [6.45, 7) is 2.12. The average Bonchev–Trinajstić information content (AvgIpc) is 2.53. The van der Waals surface area contributed by atoms with Gasteiger partial charge < -0.3 is 10.2 Å². The quantitative estimate of drug-likeness (QED) is 0.908. The van der Waals surface area contributed by atoms with Crippen molar-refractivity contribution < 1.29 is 9.59 Å².